The molecule has 2 rings (SSSR count). The van der Waals surface area contributed by atoms with Crippen molar-refractivity contribution >= 4 is 5.96 Å². The van der Waals surface area contributed by atoms with Crippen molar-refractivity contribution in [2.24, 2.45) is 4.99 Å². The van der Waals surface area contributed by atoms with Gasteiger partial charge in [0.2, 0.25) is 0 Å². The molecule has 2 unspecified atom stereocenters. The Morgan fingerprint density at radius 1 is 1.33 bits per heavy atom. The van der Waals surface area contributed by atoms with Gasteiger partial charge < -0.3 is 10.6 Å². The van der Waals surface area contributed by atoms with Crippen LogP contribution in [-0.4, -0.2) is 49.3 Å². The van der Waals surface area contributed by atoms with Crippen molar-refractivity contribution in [3.8, 4) is 0 Å². The Labute approximate surface area is 145 Å². The summed E-state index contributed by atoms with van der Waals surface area (Å²) in [6.45, 7) is 7.49. The van der Waals surface area contributed by atoms with E-state index in [9.17, 15) is 4.39 Å². The lowest BCUT2D eigenvalue weighted by Crippen LogP contribution is -2.51. The van der Waals surface area contributed by atoms with Gasteiger partial charge in [-0.25, -0.2) is 0 Å². The first kappa shape index (κ1) is 18.7. The summed E-state index contributed by atoms with van der Waals surface area (Å²) >= 11 is 0. The minimum Gasteiger partial charge on any atom is -0.357 e. The normalized spacial score (nSPS) is 22.4. The van der Waals surface area contributed by atoms with E-state index in [4.69, 9.17) is 0 Å². The van der Waals surface area contributed by atoms with Crippen molar-refractivity contribution in [3.63, 3.8) is 0 Å². The van der Waals surface area contributed by atoms with Crippen molar-refractivity contribution in [3.05, 3.63) is 35.9 Å². The molecule has 1 fully saturated rings. The van der Waals surface area contributed by atoms with E-state index in [-0.39, 0.29) is 6.67 Å². The van der Waals surface area contributed by atoms with Crippen LogP contribution in [0, 0.1) is 0 Å². The second kappa shape index (κ2) is 10.3. The number of hydrogen-bond acceptors (Lipinski definition) is 2. The summed E-state index contributed by atoms with van der Waals surface area (Å²) in [7, 11) is 0. The lowest BCUT2D eigenvalue weighted by atomic mass is 9.97. The number of aliphatic imine (C=N–C) groups is 1. The van der Waals surface area contributed by atoms with Gasteiger partial charge in [0.25, 0.3) is 0 Å². The van der Waals surface area contributed by atoms with Gasteiger partial charge in [0, 0.05) is 38.3 Å². The number of guanidine groups is 1. The van der Waals surface area contributed by atoms with Crippen LogP contribution in [0.25, 0.3) is 0 Å². The highest BCUT2D eigenvalue weighted by Crippen LogP contribution is 2.19. The number of likely N-dealkylation sites (tertiary alicyclic amines) is 1. The second-order valence-electron chi connectivity index (χ2n) is 6.47. The summed E-state index contributed by atoms with van der Waals surface area (Å²) in [5.41, 5.74) is 1.37. The number of hydrogen-bond donors (Lipinski definition) is 2. The van der Waals surface area contributed by atoms with Gasteiger partial charge in [-0.1, -0.05) is 30.3 Å². The summed E-state index contributed by atoms with van der Waals surface area (Å²) in [5.74, 6) is 0.819. The third-order valence-corrected chi connectivity index (χ3v) is 4.49. The van der Waals surface area contributed by atoms with Crippen molar-refractivity contribution in [1.82, 2.24) is 15.5 Å². The molecule has 1 heterocycles. The predicted octanol–water partition coefficient (Wildman–Crippen LogP) is 2.95. The molecule has 0 saturated carbocycles. The highest BCUT2D eigenvalue weighted by atomic mass is 19.1. The molecular weight excluding hydrogens is 303 g/mol. The first-order chi connectivity index (χ1) is 11.7. The molecule has 2 N–H and O–H groups in total. The highest BCUT2D eigenvalue weighted by molar-refractivity contribution is 5.80. The summed E-state index contributed by atoms with van der Waals surface area (Å²) in [5, 5.41) is 6.78. The molecule has 0 aromatic heterocycles. The number of benzene rings is 1. The van der Waals surface area contributed by atoms with Gasteiger partial charge in [-0.05, 0) is 38.7 Å². The number of nitrogens with one attached hydrogen (secondary N) is 2. The Morgan fingerprint density at radius 3 is 2.79 bits per heavy atom. The summed E-state index contributed by atoms with van der Waals surface area (Å²) in [4.78, 5) is 6.99. The molecule has 1 aliphatic rings. The minimum absolute atomic E-state index is 0.308. The van der Waals surface area contributed by atoms with Crippen LogP contribution in [0.4, 0.5) is 4.39 Å². The fourth-order valence-electron chi connectivity index (χ4n) is 3.17. The van der Waals surface area contributed by atoms with Crippen LogP contribution in [0.5, 0.6) is 0 Å². The van der Waals surface area contributed by atoms with E-state index in [0.717, 1.165) is 38.4 Å². The zero-order valence-corrected chi connectivity index (χ0v) is 15.0. The van der Waals surface area contributed by atoms with Gasteiger partial charge in [-0.3, -0.25) is 14.3 Å². The average Bonchev–Trinajstić information content (AvgIpc) is 2.59. The third kappa shape index (κ3) is 6.11. The maximum Gasteiger partial charge on any atom is 0.191 e. The van der Waals surface area contributed by atoms with Crippen molar-refractivity contribution in [1.29, 1.82) is 0 Å². The Bertz CT molecular complexity index is 491. The number of halogens is 1. The topological polar surface area (TPSA) is 39.7 Å². The zero-order chi connectivity index (χ0) is 17.2. The third-order valence-electron chi connectivity index (χ3n) is 4.49. The van der Waals surface area contributed by atoms with Crippen LogP contribution in [0.3, 0.4) is 0 Å². The van der Waals surface area contributed by atoms with Crippen LogP contribution in [0.15, 0.2) is 35.3 Å². The molecule has 1 aromatic carbocycles. The molecule has 0 bridgehead atoms. The van der Waals surface area contributed by atoms with E-state index in [2.05, 4.69) is 64.7 Å². The monoisotopic (exact) mass is 334 g/mol. The summed E-state index contributed by atoms with van der Waals surface area (Å²) in [6.07, 6.45) is 2.69. The standard InChI is InChI=1S/C19H31FN4/c1-3-21-19(22-12-7-11-20)23-18-10-13-24(16(2)14-18)15-17-8-5-4-6-9-17/h4-6,8-9,16,18H,3,7,10-15H2,1-2H3,(H2,21,22,23). The molecule has 1 saturated heterocycles. The molecule has 134 valence electrons. The number of nitrogens with zero attached hydrogens (tertiary/aromatic N) is 2. The number of rotatable bonds is 7. The van der Waals surface area contributed by atoms with Crippen molar-refractivity contribution in [2.45, 2.75) is 51.7 Å². The Morgan fingerprint density at radius 2 is 2.12 bits per heavy atom. The van der Waals surface area contributed by atoms with Crippen LogP contribution in [-0.2, 0) is 6.54 Å². The van der Waals surface area contributed by atoms with Crippen molar-refractivity contribution < 1.29 is 4.39 Å². The molecule has 5 heteroatoms. The van der Waals surface area contributed by atoms with E-state index in [1.807, 2.05) is 0 Å². The van der Waals surface area contributed by atoms with Gasteiger partial charge in [0.05, 0.1) is 6.67 Å². The molecular formula is C19H31FN4. The summed E-state index contributed by atoms with van der Waals surface area (Å²) < 4.78 is 12.2. The van der Waals surface area contributed by atoms with Crippen LogP contribution < -0.4 is 10.6 Å². The van der Waals surface area contributed by atoms with Gasteiger partial charge in [0.1, 0.15) is 0 Å². The van der Waals surface area contributed by atoms with Crippen LogP contribution in [0.2, 0.25) is 0 Å². The number of alkyl halides is 1. The predicted molar refractivity (Wildman–Crippen MR) is 99.0 cm³/mol. The maximum absolute atomic E-state index is 12.2. The molecule has 4 nitrogen and oxygen atoms in total. The van der Waals surface area contributed by atoms with Gasteiger partial charge in [0.15, 0.2) is 5.96 Å². The largest absolute Gasteiger partial charge is 0.357 e. The first-order valence-electron chi connectivity index (χ1n) is 9.11. The average molecular weight is 334 g/mol. The zero-order valence-electron chi connectivity index (χ0n) is 15.0. The van der Waals surface area contributed by atoms with E-state index < -0.39 is 0 Å². The molecule has 1 aliphatic heterocycles. The van der Waals surface area contributed by atoms with Gasteiger partial charge in [-0.15, -0.1) is 0 Å². The van der Waals surface area contributed by atoms with E-state index in [1.54, 1.807) is 0 Å². The molecule has 0 spiro atoms. The minimum atomic E-state index is -0.308. The number of piperidine rings is 1. The van der Waals surface area contributed by atoms with Gasteiger partial charge >= 0.3 is 0 Å². The Hall–Kier alpha value is -1.62. The molecule has 1 aromatic rings. The molecule has 0 amide bonds. The maximum atomic E-state index is 12.2. The molecule has 24 heavy (non-hydrogen) atoms. The van der Waals surface area contributed by atoms with Gasteiger partial charge in [-0.2, -0.15) is 0 Å². The van der Waals surface area contributed by atoms with Crippen molar-refractivity contribution in [2.75, 3.05) is 26.3 Å². The molecule has 2 atom stereocenters. The van der Waals surface area contributed by atoms with Crippen LogP contribution >= 0.6 is 0 Å². The fraction of sp³-hybridized carbons (Fsp3) is 0.632. The fourth-order valence-corrected chi connectivity index (χ4v) is 3.17. The quantitative estimate of drug-likeness (QED) is 0.457. The smallest absolute Gasteiger partial charge is 0.191 e. The lowest BCUT2D eigenvalue weighted by Gasteiger charge is -2.38. The lowest BCUT2D eigenvalue weighted by molar-refractivity contribution is 0.134. The Kier molecular flexibility index (Phi) is 8.02. The SMILES string of the molecule is CCNC(=NCCCF)NC1CCN(Cc2ccccc2)C(C)C1. The van der Waals surface area contributed by atoms with E-state index in [0.29, 0.717) is 25.0 Å². The summed E-state index contributed by atoms with van der Waals surface area (Å²) in [6, 6.07) is 11.6. The molecule has 0 radical (unpaired) electrons. The Balaban J connectivity index is 1.83. The van der Waals surface area contributed by atoms with E-state index in [1.165, 1.54) is 5.56 Å². The highest BCUT2D eigenvalue weighted by Gasteiger charge is 2.25. The molecule has 0 aliphatic carbocycles. The second-order valence-corrected chi connectivity index (χ2v) is 6.47. The van der Waals surface area contributed by atoms with E-state index >= 15 is 0 Å². The van der Waals surface area contributed by atoms with Crippen LogP contribution in [0.1, 0.15) is 38.7 Å². The first-order valence-corrected chi connectivity index (χ1v) is 9.11.